The van der Waals surface area contributed by atoms with Crippen LogP contribution in [0.15, 0.2) is 36.7 Å². The first-order chi connectivity index (χ1) is 12.2. The highest BCUT2D eigenvalue weighted by molar-refractivity contribution is 5.77. The summed E-state index contributed by atoms with van der Waals surface area (Å²) in [5.74, 6) is 1.69. The van der Waals surface area contributed by atoms with Gasteiger partial charge in [0, 0.05) is 32.0 Å². The molecule has 1 spiro atoms. The average Bonchev–Trinajstić information content (AvgIpc) is 3.24. The number of carbonyl (C=O) groups excluding carboxylic acids is 1. The fourth-order valence-electron chi connectivity index (χ4n) is 4.48. The Kier molecular flexibility index (Phi) is 4.32. The molecule has 1 saturated heterocycles. The van der Waals surface area contributed by atoms with Gasteiger partial charge in [0.15, 0.2) is 0 Å². The predicted octanol–water partition coefficient (Wildman–Crippen LogP) is 3.03. The van der Waals surface area contributed by atoms with Gasteiger partial charge in [-0.2, -0.15) is 0 Å². The number of carbonyl (C=O) groups is 1. The maximum absolute atomic E-state index is 12.8. The van der Waals surface area contributed by atoms with E-state index in [9.17, 15) is 4.79 Å². The molecule has 1 aliphatic carbocycles. The Labute approximate surface area is 149 Å². The van der Waals surface area contributed by atoms with Gasteiger partial charge in [0.05, 0.1) is 0 Å². The maximum Gasteiger partial charge on any atom is 0.222 e. The Morgan fingerprint density at radius 2 is 2.08 bits per heavy atom. The van der Waals surface area contributed by atoms with Crippen LogP contribution < -0.4 is 0 Å². The Morgan fingerprint density at radius 1 is 1.28 bits per heavy atom. The van der Waals surface area contributed by atoms with Crippen LogP contribution in [0.2, 0.25) is 0 Å². The first kappa shape index (κ1) is 16.3. The molecule has 132 valence electrons. The van der Waals surface area contributed by atoms with Crippen molar-refractivity contribution >= 4 is 5.91 Å². The third-order valence-electron chi connectivity index (χ3n) is 6.12. The number of rotatable bonds is 5. The fraction of sp³-hybridized carbons (Fsp3) is 0.550. The van der Waals surface area contributed by atoms with Gasteiger partial charge in [-0.05, 0) is 37.2 Å². The smallest absolute Gasteiger partial charge is 0.222 e. The Morgan fingerprint density at radius 3 is 2.76 bits per heavy atom. The highest BCUT2D eigenvalue weighted by Gasteiger charge is 2.53. The lowest BCUT2D eigenvalue weighted by molar-refractivity contribution is -0.130. The third kappa shape index (κ3) is 2.96. The molecule has 2 aliphatic rings. The van der Waals surface area contributed by atoms with Crippen molar-refractivity contribution in [2.24, 2.45) is 5.41 Å². The van der Waals surface area contributed by atoms with Crippen LogP contribution in [0.5, 0.6) is 0 Å². The topological polar surface area (TPSA) is 51.0 Å². The Balaban J connectivity index is 1.46. The monoisotopic (exact) mass is 338 g/mol. The van der Waals surface area contributed by atoms with E-state index in [0.717, 1.165) is 31.9 Å². The summed E-state index contributed by atoms with van der Waals surface area (Å²) in [6, 6.07) is 10.3. The molecule has 5 nitrogen and oxygen atoms in total. The van der Waals surface area contributed by atoms with Crippen molar-refractivity contribution in [1.29, 1.82) is 0 Å². The number of amides is 1. The summed E-state index contributed by atoms with van der Waals surface area (Å²) in [6.07, 6.45) is 6.91. The first-order valence-electron chi connectivity index (χ1n) is 9.41. The van der Waals surface area contributed by atoms with Gasteiger partial charge >= 0.3 is 0 Å². The van der Waals surface area contributed by atoms with Gasteiger partial charge in [-0.25, -0.2) is 0 Å². The quantitative estimate of drug-likeness (QED) is 0.842. The molecule has 1 atom stereocenters. The highest BCUT2D eigenvalue weighted by atomic mass is 16.2. The van der Waals surface area contributed by atoms with Gasteiger partial charge in [0.25, 0.3) is 0 Å². The summed E-state index contributed by atoms with van der Waals surface area (Å²) < 4.78 is 2.14. The number of aromatic nitrogens is 3. The summed E-state index contributed by atoms with van der Waals surface area (Å²) >= 11 is 0. The first-order valence-corrected chi connectivity index (χ1v) is 9.41. The number of nitrogens with zero attached hydrogens (tertiary/aromatic N) is 4. The molecule has 0 bridgehead atoms. The molecule has 2 fully saturated rings. The summed E-state index contributed by atoms with van der Waals surface area (Å²) in [6.45, 7) is 4.70. The minimum atomic E-state index is 0.238. The minimum absolute atomic E-state index is 0.238. The molecular formula is C20H26N4O. The van der Waals surface area contributed by atoms with Gasteiger partial charge in [0.1, 0.15) is 12.2 Å². The lowest BCUT2D eigenvalue weighted by Gasteiger charge is -2.42. The van der Waals surface area contributed by atoms with E-state index in [2.05, 4.69) is 38.7 Å². The number of benzene rings is 1. The molecule has 0 radical (unpaired) electrons. The van der Waals surface area contributed by atoms with Crippen molar-refractivity contribution in [3.63, 3.8) is 0 Å². The Hall–Kier alpha value is -2.17. The summed E-state index contributed by atoms with van der Waals surface area (Å²) in [5, 5.41) is 8.53. The van der Waals surface area contributed by atoms with Crippen molar-refractivity contribution < 1.29 is 4.79 Å². The summed E-state index contributed by atoms with van der Waals surface area (Å²) in [4.78, 5) is 14.9. The van der Waals surface area contributed by atoms with Gasteiger partial charge < -0.3 is 9.47 Å². The van der Waals surface area contributed by atoms with Gasteiger partial charge in [0.2, 0.25) is 5.91 Å². The Bertz CT molecular complexity index is 735. The fourth-order valence-corrected chi connectivity index (χ4v) is 4.48. The second-order valence-electron chi connectivity index (χ2n) is 7.50. The molecule has 2 heterocycles. The van der Waals surface area contributed by atoms with Crippen LogP contribution in [0, 0.1) is 5.41 Å². The van der Waals surface area contributed by atoms with E-state index in [1.165, 1.54) is 24.8 Å². The van der Waals surface area contributed by atoms with E-state index < -0.39 is 0 Å². The normalized spacial score (nSPS) is 21.5. The van der Waals surface area contributed by atoms with Crippen molar-refractivity contribution in [1.82, 2.24) is 19.7 Å². The zero-order valence-corrected chi connectivity index (χ0v) is 14.9. The van der Waals surface area contributed by atoms with Crippen LogP contribution >= 0.6 is 0 Å². The molecule has 25 heavy (non-hydrogen) atoms. The lowest BCUT2D eigenvalue weighted by atomic mass is 9.62. The standard InChI is InChI=1S/C20H26N4O/c1-2-23-15-21-22-19(23)17-13-24(14-20(17)11-6-12-20)18(25)10-9-16-7-4-3-5-8-16/h3-5,7-8,15,17H,2,6,9-14H2,1H3. The van der Waals surface area contributed by atoms with E-state index in [1.807, 2.05) is 24.5 Å². The summed E-state index contributed by atoms with van der Waals surface area (Å²) in [7, 11) is 0. The van der Waals surface area contributed by atoms with Crippen LogP contribution in [0.25, 0.3) is 0 Å². The SMILES string of the molecule is CCn1cnnc1C1CN(C(=O)CCc2ccccc2)CC12CCC2. The van der Waals surface area contributed by atoms with E-state index in [1.54, 1.807) is 0 Å². The predicted molar refractivity (Wildman–Crippen MR) is 96.1 cm³/mol. The molecule has 1 aromatic heterocycles. The van der Waals surface area contributed by atoms with E-state index in [-0.39, 0.29) is 11.3 Å². The molecule has 1 aromatic carbocycles. The maximum atomic E-state index is 12.8. The van der Waals surface area contributed by atoms with E-state index in [0.29, 0.717) is 12.3 Å². The van der Waals surface area contributed by atoms with Crippen molar-refractivity contribution in [2.75, 3.05) is 13.1 Å². The molecule has 4 rings (SSSR count). The van der Waals surface area contributed by atoms with Gasteiger partial charge in [-0.3, -0.25) is 4.79 Å². The second-order valence-corrected chi connectivity index (χ2v) is 7.50. The second kappa shape index (κ2) is 6.62. The number of likely N-dealkylation sites (tertiary alicyclic amines) is 1. The zero-order valence-electron chi connectivity index (χ0n) is 14.9. The molecular weight excluding hydrogens is 312 g/mol. The molecule has 5 heteroatoms. The highest BCUT2D eigenvalue weighted by Crippen LogP contribution is 2.55. The largest absolute Gasteiger partial charge is 0.341 e. The van der Waals surface area contributed by atoms with Crippen molar-refractivity contribution in [3.05, 3.63) is 48.0 Å². The third-order valence-corrected chi connectivity index (χ3v) is 6.12. The lowest BCUT2D eigenvalue weighted by Crippen LogP contribution is -2.38. The van der Waals surface area contributed by atoms with Crippen LogP contribution in [0.1, 0.15) is 49.9 Å². The van der Waals surface area contributed by atoms with Crippen LogP contribution in [-0.4, -0.2) is 38.7 Å². The van der Waals surface area contributed by atoms with E-state index in [4.69, 9.17) is 0 Å². The van der Waals surface area contributed by atoms with Crippen molar-refractivity contribution in [2.45, 2.75) is 51.5 Å². The average molecular weight is 338 g/mol. The molecule has 1 amide bonds. The number of aryl methyl sites for hydroxylation is 2. The molecule has 2 aromatic rings. The molecule has 1 aliphatic heterocycles. The van der Waals surface area contributed by atoms with Crippen LogP contribution in [0.4, 0.5) is 0 Å². The van der Waals surface area contributed by atoms with Gasteiger partial charge in [-0.1, -0.05) is 36.8 Å². The zero-order chi connectivity index (χ0) is 17.3. The molecule has 1 saturated carbocycles. The minimum Gasteiger partial charge on any atom is -0.341 e. The molecule has 0 N–H and O–H groups in total. The number of hydrogen-bond acceptors (Lipinski definition) is 3. The van der Waals surface area contributed by atoms with E-state index >= 15 is 0 Å². The van der Waals surface area contributed by atoms with Crippen molar-refractivity contribution in [3.8, 4) is 0 Å². The van der Waals surface area contributed by atoms with Crippen LogP contribution in [0.3, 0.4) is 0 Å². The molecule has 1 unspecified atom stereocenters. The number of hydrogen-bond donors (Lipinski definition) is 0. The van der Waals surface area contributed by atoms with Gasteiger partial charge in [-0.15, -0.1) is 10.2 Å². The van der Waals surface area contributed by atoms with Crippen LogP contribution in [-0.2, 0) is 17.8 Å². The summed E-state index contributed by atoms with van der Waals surface area (Å²) in [5.41, 5.74) is 1.47.